The molecule has 1 atom stereocenters. The number of esters is 1. The van der Waals surface area contributed by atoms with Gasteiger partial charge in [-0.3, -0.25) is 4.79 Å². The fourth-order valence-corrected chi connectivity index (χ4v) is 5.30. The monoisotopic (exact) mass is 952 g/mol. The van der Waals surface area contributed by atoms with Crippen molar-refractivity contribution in [2.75, 3.05) is 0 Å². The summed E-state index contributed by atoms with van der Waals surface area (Å²) in [7, 11) is 0. The zero-order chi connectivity index (χ0) is 49.1. The maximum absolute atomic E-state index is 14.5. The fraction of sp³-hybridized carbons (Fsp3) is 0.788. The van der Waals surface area contributed by atoms with Crippen molar-refractivity contribution in [2.45, 2.75) is 145 Å². The zero-order valence-corrected chi connectivity index (χ0v) is 31.6. The van der Waals surface area contributed by atoms with E-state index in [1.54, 1.807) is 20.8 Å². The Labute approximate surface area is 328 Å². The topological polar surface area (TPSA) is 35.5 Å². The minimum Gasteiger partial charge on any atom is -0.428 e. The molecule has 61 heavy (non-hydrogen) atoms. The van der Waals surface area contributed by atoms with E-state index < -0.39 is 106 Å². The van der Waals surface area contributed by atoms with E-state index in [2.05, 4.69) is 4.74 Å². The number of alkyl halides is 25. The van der Waals surface area contributed by atoms with Gasteiger partial charge in [0.1, 0.15) is 11.5 Å². The number of benzene rings is 1. The molecule has 0 saturated carbocycles. The molecule has 0 N–H and O–H groups in total. The Balaban J connectivity index is 3.67. The first-order chi connectivity index (χ1) is 26.7. The summed E-state index contributed by atoms with van der Waals surface area (Å²) in [6.45, 7) is 10.6. The van der Waals surface area contributed by atoms with E-state index in [4.69, 9.17) is 4.74 Å². The quantitative estimate of drug-likeness (QED) is 0.0700. The van der Waals surface area contributed by atoms with Crippen molar-refractivity contribution in [3.8, 4) is 11.5 Å². The lowest BCUT2D eigenvalue weighted by Crippen LogP contribution is -2.78. The van der Waals surface area contributed by atoms with Gasteiger partial charge in [-0.2, -0.15) is 110 Å². The third-order valence-electron chi connectivity index (χ3n) is 10.7. The van der Waals surface area contributed by atoms with E-state index in [9.17, 15) is 115 Å². The largest absolute Gasteiger partial charge is 0.471 e. The fourth-order valence-electron chi connectivity index (χ4n) is 5.30. The normalized spacial score (nSPS) is 16.1. The smallest absolute Gasteiger partial charge is 0.428 e. The summed E-state index contributed by atoms with van der Waals surface area (Å²) in [5.41, 5.74) is -1.18. The number of carbonyl (C=O) groups excluding carboxylic acids is 1. The molecule has 358 valence electrons. The number of carbonyl (C=O) groups is 1. The highest BCUT2D eigenvalue weighted by Gasteiger charge is 3.00. The van der Waals surface area contributed by atoms with Crippen LogP contribution >= 0.6 is 0 Å². The van der Waals surface area contributed by atoms with E-state index in [1.165, 1.54) is 0 Å². The zero-order valence-electron chi connectivity index (χ0n) is 31.6. The van der Waals surface area contributed by atoms with Gasteiger partial charge in [0.2, 0.25) is 0 Å². The molecule has 3 nitrogen and oxygen atoms in total. The van der Waals surface area contributed by atoms with Crippen molar-refractivity contribution in [1.29, 1.82) is 0 Å². The van der Waals surface area contributed by atoms with Crippen LogP contribution in [0.15, 0.2) is 24.3 Å². The third kappa shape index (κ3) is 8.46. The SMILES string of the molecule is CCC(C)(CC)CC(C(=O)Oc1ccc(OC(F)(F)C(F)(F)C(F)(F)C(F)(F)C(F)(F)C(F)(F)C(F)(F)C(F)(F)C(F)(F)C(F)(F)C(F)(F)C(F)(F)F)cc1)C(C)(CC)CC. The summed E-state index contributed by atoms with van der Waals surface area (Å²) < 4.78 is 352. The summed E-state index contributed by atoms with van der Waals surface area (Å²) in [5, 5.41) is 0. The maximum atomic E-state index is 14.5. The molecule has 1 unspecified atom stereocenters. The Kier molecular flexibility index (Phi) is 15.0. The number of hydrogen-bond acceptors (Lipinski definition) is 3. The van der Waals surface area contributed by atoms with Crippen LogP contribution < -0.4 is 9.47 Å². The van der Waals surface area contributed by atoms with Gasteiger partial charge in [-0.1, -0.05) is 54.4 Å². The highest BCUT2D eigenvalue weighted by Crippen LogP contribution is 2.68. The van der Waals surface area contributed by atoms with E-state index in [0.29, 0.717) is 37.8 Å². The van der Waals surface area contributed by atoms with Gasteiger partial charge in [0, 0.05) is 0 Å². The van der Waals surface area contributed by atoms with Crippen LogP contribution in [0, 0.1) is 16.7 Å². The Hall–Kier alpha value is -3.26. The predicted octanol–water partition coefficient (Wildman–Crippen LogP) is 14.1. The van der Waals surface area contributed by atoms with Gasteiger partial charge in [0.15, 0.2) is 0 Å². The Morgan fingerprint density at radius 1 is 0.443 bits per heavy atom. The van der Waals surface area contributed by atoms with Gasteiger partial charge in [-0.15, -0.1) is 0 Å². The highest BCUT2D eigenvalue weighted by atomic mass is 19.4. The molecule has 0 aliphatic rings. The summed E-state index contributed by atoms with van der Waals surface area (Å²) in [6, 6.07) is 0.867. The molecule has 0 amide bonds. The lowest BCUT2D eigenvalue weighted by Gasteiger charge is -2.45. The number of ether oxygens (including phenoxy) is 2. The molecule has 0 fully saturated rings. The Morgan fingerprint density at radius 2 is 0.721 bits per heavy atom. The van der Waals surface area contributed by atoms with Crippen LogP contribution in [0.25, 0.3) is 0 Å². The van der Waals surface area contributed by atoms with Crippen LogP contribution in [0.5, 0.6) is 11.5 Å². The maximum Gasteiger partial charge on any atom is 0.471 e. The van der Waals surface area contributed by atoms with Gasteiger partial charge in [-0.25, -0.2) is 0 Å². The van der Waals surface area contributed by atoms with E-state index in [1.807, 2.05) is 20.8 Å². The number of halogens is 25. The summed E-state index contributed by atoms with van der Waals surface area (Å²) in [5.74, 6) is -97.0. The van der Waals surface area contributed by atoms with Crippen LogP contribution in [0.1, 0.15) is 73.6 Å². The molecule has 1 rings (SSSR count). The second kappa shape index (κ2) is 16.4. The molecule has 0 aliphatic carbocycles. The molecule has 1 aromatic carbocycles. The molecule has 1 aromatic rings. The molecule has 0 spiro atoms. The molecule has 0 radical (unpaired) electrons. The van der Waals surface area contributed by atoms with E-state index in [0.717, 1.165) is 0 Å². The second-order valence-electron chi connectivity index (χ2n) is 14.4. The first-order valence-corrected chi connectivity index (χ1v) is 16.9. The van der Waals surface area contributed by atoms with Gasteiger partial charge in [0.05, 0.1) is 5.92 Å². The van der Waals surface area contributed by atoms with Crippen LogP contribution in [-0.2, 0) is 4.79 Å². The second-order valence-corrected chi connectivity index (χ2v) is 14.4. The van der Waals surface area contributed by atoms with Crippen molar-refractivity contribution in [2.24, 2.45) is 16.7 Å². The van der Waals surface area contributed by atoms with Gasteiger partial charge in [-0.05, 0) is 54.4 Å². The number of rotatable bonds is 21. The van der Waals surface area contributed by atoms with Gasteiger partial charge < -0.3 is 9.47 Å². The van der Waals surface area contributed by atoms with E-state index in [-0.39, 0.29) is 18.6 Å². The Bertz CT molecular complexity index is 1660. The molecule has 0 saturated heterocycles. The molecule has 0 heterocycles. The van der Waals surface area contributed by atoms with Gasteiger partial charge in [0.25, 0.3) is 0 Å². The average molecular weight is 953 g/mol. The molecular weight excluding hydrogens is 919 g/mol. The first kappa shape index (κ1) is 55.8. The summed E-state index contributed by atoms with van der Waals surface area (Å²) in [4.78, 5) is 13.3. The van der Waals surface area contributed by atoms with E-state index >= 15 is 0 Å². The predicted molar refractivity (Wildman–Crippen MR) is 159 cm³/mol. The van der Waals surface area contributed by atoms with Crippen LogP contribution in [0.2, 0.25) is 0 Å². The molecule has 0 aliphatic heterocycles. The van der Waals surface area contributed by atoms with Crippen molar-refractivity contribution in [3.63, 3.8) is 0 Å². The summed E-state index contributed by atoms with van der Waals surface area (Å²) >= 11 is 0. The van der Waals surface area contributed by atoms with Crippen molar-refractivity contribution in [1.82, 2.24) is 0 Å². The lowest BCUT2D eigenvalue weighted by atomic mass is 9.65. The first-order valence-electron chi connectivity index (χ1n) is 16.9. The highest BCUT2D eigenvalue weighted by molar-refractivity contribution is 5.76. The van der Waals surface area contributed by atoms with Crippen molar-refractivity contribution < 1.29 is 124 Å². The molecular formula is C33H33F25O3. The molecule has 28 heteroatoms. The number of hydrogen-bond donors (Lipinski definition) is 0. The van der Waals surface area contributed by atoms with Gasteiger partial charge >= 0.3 is 77.5 Å². The molecule has 0 bridgehead atoms. The standard InChI is InChI=1S/C33H33F25O3/c1-7-20(5,8-2)15-18(21(6,9-3)10-4)19(59)60-16-11-13-17(14-12-16)61-33(57,58)31(52,53)29(48,49)27(44,45)25(40,41)23(36,37)22(34,35)24(38,39)26(42,43)28(46,47)30(50,51)32(54,55)56/h11-14,18H,7-10,15H2,1-6H3. The minimum atomic E-state index is -9.67. The van der Waals surface area contributed by atoms with Crippen molar-refractivity contribution >= 4 is 5.97 Å². The minimum absolute atomic E-state index is 0.0304. The Morgan fingerprint density at radius 3 is 1.00 bits per heavy atom. The lowest BCUT2D eigenvalue weighted by molar-refractivity contribution is -0.486. The van der Waals surface area contributed by atoms with Crippen LogP contribution in [0.4, 0.5) is 110 Å². The van der Waals surface area contributed by atoms with Crippen LogP contribution in [0.3, 0.4) is 0 Å². The average Bonchev–Trinajstić information content (AvgIpc) is 3.12. The summed E-state index contributed by atoms with van der Waals surface area (Å²) in [6.07, 6.45) is -13.5. The molecule has 0 aromatic heterocycles. The third-order valence-corrected chi connectivity index (χ3v) is 10.7. The van der Waals surface area contributed by atoms with Crippen LogP contribution in [-0.4, -0.2) is 77.5 Å². The van der Waals surface area contributed by atoms with Crippen molar-refractivity contribution in [3.05, 3.63) is 24.3 Å².